The van der Waals surface area contributed by atoms with Crippen LogP contribution >= 0.6 is 0 Å². The Morgan fingerprint density at radius 3 is 2.58 bits per heavy atom. The minimum atomic E-state index is -4.40. The number of benzene rings is 1. The first-order chi connectivity index (χ1) is 11.2. The van der Waals surface area contributed by atoms with Crippen molar-refractivity contribution in [1.82, 2.24) is 9.88 Å². The average molecular weight is 339 g/mol. The molecule has 1 aromatic heterocycles. The first-order valence-electron chi connectivity index (χ1n) is 7.05. The second kappa shape index (κ2) is 6.77. The van der Waals surface area contributed by atoms with E-state index in [9.17, 15) is 22.8 Å². The van der Waals surface area contributed by atoms with Gasteiger partial charge in [-0.1, -0.05) is 6.07 Å². The minimum Gasteiger partial charge on any atom is -0.334 e. The van der Waals surface area contributed by atoms with E-state index in [0.29, 0.717) is 11.1 Å². The molecule has 1 aromatic carbocycles. The van der Waals surface area contributed by atoms with Crippen LogP contribution in [0, 0.1) is 6.92 Å². The predicted molar refractivity (Wildman–Crippen MR) is 83.7 cm³/mol. The topological polar surface area (TPSA) is 63.1 Å². The van der Waals surface area contributed by atoms with E-state index in [4.69, 9.17) is 0 Å². The zero-order valence-corrected chi connectivity index (χ0v) is 13.1. The number of hydrogen-bond donors (Lipinski definition) is 2. The number of rotatable bonds is 3. The van der Waals surface area contributed by atoms with Crippen molar-refractivity contribution in [3.63, 3.8) is 0 Å². The fraction of sp³-hybridized carbons (Fsp3) is 0.250. The smallest absolute Gasteiger partial charge is 0.334 e. The van der Waals surface area contributed by atoms with Gasteiger partial charge in [-0.25, -0.2) is 4.79 Å². The number of anilines is 1. The summed E-state index contributed by atoms with van der Waals surface area (Å²) in [5.74, 6) is 0. The summed E-state index contributed by atoms with van der Waals surface area (Å²) >= 11 is 0. The summed E-state index contributed by atoms with van der Waals surface area (Å²) in [5.41, 5.74) is -0.0131. The number of urea groups is 1. The molecule has 0 fully saturated rings. The molecule has 128 valence electrons. The quantitative estimate of drug-likeness (QED) is 0.903. The van der Waals surface area contributed by atoms with Gasteiger partial charge < -0.3 is 15.2 Å². The molecule has 2 rings (SSSR count). The Bertz CT molecular complexity index is 813. The van der Waals surface area contributed by atoms with Crippen LogP contribution in [-0.4, -0.2) is 10.6 Å². The van der Waals surface area contributed by atoms with E-state index in [2.05, 4.69) is 10.6 Å². The normalized spacial score (nSPS) is 11.2. The van der Waals surface area contributed by atoms with Gasteiger partial charge in [0.25, 0.3) is 5.56 Å². The zero-order chi connectivity index (χ0) is 17.9. The highest BCUT2D eigenvalue weighted by Gasteiger charge is 2.30. The monoisotopic (exact) mass is 339 g/mol. The van der Waals surface area contributed by atoms with E-state index in [1.807, 2.05) is 0 Å². The Morgan fingerprint density at radius 1 is 1.25 bits per heavy atom. The van der Waals surface area contributed by atoms with E-state index < -0.39 is 17.8 Å². The van der Waals surface area contributed by atoms with Crippen LogP contribution in [0.4, 0.5) is 23.7 Å². The number of alkyl halides is 3. The minimum absolute atomic E-state index is 0.0446. The van der Waals surface area contributed by atoms with E-state index in [1.165, 1.54) is 23.6 Å². The Labute approximate surface area is 136 Å². The third-order valence-corrected chi connectivity index (χ3v) is 3.48. The first kappa shape index (κ1) is 17.6. The van der Waals surface area contributed by atoms with Crippen molar-refractivity contribution in [2.24, 2.45) is 7.05 Å². The zero-order valence-electron chi connectivity index (χ0n) is 13.1. The van der Waals surface area contributed by atoms with Gasteiger partial charge in [0.15, 0.2) is 0 Å². The maximum atomic E-state index is 12.6. The highest BCUT2D eigenvalue weighted by molar-refractivity contribution is 5.88. The van der Waals surface area contributed by atoms with Gasteiger partial charge in [-0.3, -0.25) is 4.79 Å². The van der Waals surface area contributed by atoms with Gasteiger partial charge in [0.2, 0.25) is 0 Å². The average Bonchev–Trinajstić information content (AvgIpc) is 2.49. The fourth-order valence-corrected chi connectivity index (χ4v) is 2.11. The molecular weight excluding hydrogens is 323 g/mol. The third-order valence-electron chi connectivity index (χ3n) is 3.48. The van der Waals surface area contributed by atoms with Crippen LogP contribution in [0.5, 0.6) is 0 Å². The van der Waals surface area contributed by atoms with Gasteiger partial charge in [-0.05, 0) is 42.3 Å². The maximum absolute atomic E-state index is 12.6. The van der Waals surface area contributed by atoms with Crippen molar-refractivity contribution in [2.45, 2.75) is 19.6 Å². The van der Waals surface area contributed by atoms with Crippen molar-refractivity contribution < 1.29 is 18.0 Å². The summed E-state index contributed by atoms with van der Waals surface area (Å²) < 4.78 is 39.2. The van der Waals surface area contributed by atoms with E-state index in [-0.39, 0.29) is 17.8 Å². The lowest BCUT2D eigenvalue weighted by molar-refractivity contribution is -0.137. The molecular formula is C16H16F3N3O2. The van der Waals surface area contributed by atoms with Gasteiger partial charge in [0.1, 0.15) is 5.69 Å². The molecule has 0 spiro atoms. The molecule has 0 bridgehead atoms. The largest absolute Gasteiger partial charge is 0.416 e. The number of hydrogen-bond acceptors (Lipinski definition) is 2. The molecule has 2 aromatic rings. The standard InChI is InChI=1S/C16H16F3N3O2/c1-10-8-12(16(17,18)19)6-5-11(10)9-20-15(24)21-13-4-3-7-22(2)14(13)23/h3-8H,9H2,1-2H3,(H2,20,21,24). The maximum Gasteiger partial charge on any atom is 0.416 e. The van der Waals surface area contributed by atoms with Crippen molar-refractivity contribution in [1.29, 1.82) is 0 Å². The number of carbonyl (C=O) groups is 1. The molecule has 5 nitrogen and oxygen atoms in total. The van der Waals surface area contributed by atoms with Crippen molar-refractivity contribution in [3.8, 4) is 0 Å². The SMILES string of the molecule is Cc1cc(C(F)(F)F)ccc1CNC(=O)Nc1cccn(C)c1=O. The molecule has 2 N–H and O–H groups in total. The molecule has 0 radical (unpaired) electrons. The Hall–Kier alpha value is -2.77. The molecule has 1 heterocycles. The predicted octanol–water partition coefficient (Wildman–Crippen LogP) is 3.03. The number of amides is 2. The summed E-state index contributed by atoms with van der Waals surface area (Å²) in [6.45, 7) is 1.58. The van der Waals surface area contributed by atoms with Gasteiger partial charge in [-0.2, -0.15) is 13.2 Å². The fourth-order valence-electron chi connectivity index (χ4n) is 2.11. The van der Waals surface area contributed by atoms with Crippen LogP contribution in [0.2, 0.25) is 0 Å². The third kappa shape index (κ3) is 4.15. The molecule has 0 aliphatic rings. The summed E-state index contributed by atoms with van der Waals surface area (Å²) in [5, 5.41) is 4.93. The summed E-state index contributed by atoms with van der Waals surface area (Å²) in [4.78, 5) is 23.6. The Balaban J connectivity index is 2.02. The van der Waals surface area contributed by atoms with Crippen molar-refractivity contribution in [3.05, 3.63) is 63.6 Å². The highest BCUT2D eigenvalue weighted by atomic mass is 19.4. The van der Waals surface area contributed by atoms with Gasteiger partial charge in [-0.15, -0.1) is 0 Å². The Kier molecular flexibility index (Phi) is 4.96. The van der Waals surface area contributed by atoms with Crippen LogP contribution in [0.15, 0.2) is 41.3 Å². The lowest BCUT2D eigenvalue weighted by Crippen LogP contribution is -2.32. The number of pyridine rings is 1. The van der Waals surface area contributed by atoms with E-state index >= 15 is 0 Å². The Morgan fingerprint density at radius 2 is 1.96 bits per heavy atom. The van der Waals surface area contributed by atoms with Crippen molar-refractivity contribution in [2.75, 3.05) is 5.32 Å². The number of aromatic nitrogens is 1. The van der Waals surface area contributed by atoms with E-state index in [1.54, 1.807) is 19.3 Å². The van der Waals surface area contributed by atoms with Crippen molar-refractivity contribution >= 4 is 11.7 Å². The van der Waals surface area contributed by atoms with Crippen LogP contribution in [0.25, 0.3) is 0 Å². The number of halogens is 3. The first-order valence-corrected chi connectivity index (χ1v) is 7.05. The second-order valence-electron chi connectivity index (χ2n) is 5.28. The molecule has 0 atom stereocenters. The summed E-state index contributed by atoms with van der Waals surface area (Å²) in [6.07, 6.45) is -2.85. The molecule has 0 aliphatic heterocycles. The van der Waals surface area contributed by atoms with Gasteiger partial charge in [0, 0.05) is 19.8 Å². The lowest BCUT2D eigenvalue weighted by Gasteiger charge is -2.12. The summed E-state index contributed by atoms with van der Waals surface area (Å²) in [7, 11) is 1.55. The lowest BCUT2D eigenvalue weighted by atomic mass is 10.0. The molecule has 8 heteroatoms. The molecule has 0 unspecified atom stereocenters. The molecule has 2 amide bonds. The molecule has 0 saturated heterocycles. The number of nitrogens with zero attached hydrogens (tertiary/aromatic N) is 1. The number of carbonyl (C=O) groups excluding carboxylic acids is 1. The number of aryl methyl sites for hydroxylation is 2. The van der Waals surface area contributed by atoms with E-state index in [0.717, 1.165) is 12.1 Å². The second-order valence-corrected chi connectivity index (χ2v) is 5.28. The summed E-state index contributed by atoms with van der Waals surface area (Å²) in [6, 6.07) is 5.77. The van der Waals surface area contributed by atoms with Crippen LogP contribution in [0.3, 0.4) is 0 Å². The highest BCUT2D eigenvalue weighted by Crippen LogP contribution is 2.30. The van der Waals surface area contributed by atoms with Gasteiger partial charge >= 0.3 is 12.2 Å². The molecule has 24 heavy (non-hydrogen) atoms. The van der Waals surface area contributed by atoms with Crippen LogP contribution in [-0.2, 0) is 19.8 Å². The number of nitrogens with one attached hydrogen (secondary N) is 2. The van der Waals surface area contributed by atoms with Gasteiger partial charge in [0.05, 0.1) is 5.56 Å². The van der Waals surface area contributed by atoms with Crippen LogP contribution < -0.4 is 16.2 Å². The molecule has 0 aliphatic carbocycles. The molecule has 0 saturated carbocycles. The van der Waals surface area contributed by atoms with Crippen LogP contribution in [0.1, 0.15) is 16.7 Å².